The quantitative estimate of drug-likeness (QED) is 0.587. The number of esters is 1. The van der Waals surface area contributed by atoms with Crippen LogP contribution in [0.15, 0.2) is 66.7 Å². The molecule has 0 unspecified atom stereocenters. The lowest BCUT2D eigenvalue weighted by atomic mass is 10.0. The Bertz CT molecular complexity index is 835. The summed E-state index contributed by atoms with van der Waals surface area (Å²) >= 11 is 0. The number of rotatable bonds is 4. The Balaban J connectivity index is 1.95. The maximum Gasteiger partial charge on any atom is 0.330 e. The van der Waals surface area contributed by atoms with Crippen LogP contribution in [-0.4, -0.2) is 23.3 Å². The zero-order chi connectivity index (χ0) is 16.1. The maximum absolute atomic E-state index is 11.3. The van der Waals surface area contributed by atoms with E-state index >= 15 is 0 Å². The highest BCUT2D eigenvalue weighted by Crippen LogP contribution is 2.27. The third-order valence-corrected chi connectivity index (χ3v) is 3.50. The highest BCUT2D eigenvalue weighted by molar-refractivity contribution is 5.89. The van der Waals surface area contributed by atoms with Crippen molar-refractivity contribution in [3.8, 4) is 22.5 Å². The van der Waals surface area contributed by atoms with Crippen LogP contribution in [0.1, 0.15) is 5.56 Å². The SMILES string of the molecule is COC(=O)/C=C/c1ccccc1-c1cc(-c2ccccc2)n[nH]1. The first-order valence-electron chi connectivity index (χ1n) is 7.24. The summed E-state index contributed by atoms with van der Waals surface area (Å²) in [5.41, 5.74) is 4.72. The number of benzene rings is 2. The van der Waals surface area contributed by atoms with E-state index in [9.17, 15) is 4.79 Å². The number of carbonyl (C=O) groups is 1. The van der Waals surface area contributed by atoms with Crippen molar-refractivity contribution in [2.24, 2.45) is 0 Å². The summed E-state index contributed by atoms with van der Waals surface area (Å²) in [5.74, 6) is -0.380. The molecule has 3 aromatic rings. The standard InChI is InChI=1S/C19H16N2O2/c1-23-19(22)12-11-14-7-5-6-10-16(14)18-13-17(20-21-18)15-8-3-2-4-9-15/h2-13H,1H3,(H,20,21)/b12-11+. The molecule has 0 atom stereocenters. The van der Waals surface area contributed by atoms with E-state index in [-0.39, 0.29) is 5.97 Å². The van der Waals surface area contributed by atoms with Gasteiger partial charge >= 0.3 is 5.97 Å². The Hall–Kier alpha value is -3.14. The van der Waals surface area contributed by atoms with E-state index in [0.29, 0.717) is 0 Å². The molecule has 23 heavy (non-hydrogen) atoms. The van der Waals surface area contributed by atoms with Gasteiger partial charge in [-0.25, -0.2) is 4.79 Å². The fraction of sp³-hybridized carbons (Fsp3) is 0.0526. The molecule has 0 amide bonds. The summed E-state index contributed by atoms with van der Waals surface area (Å²) in [4.78, 5) is 11.3. The molecule has 0 radical (unpaired) electrons. The van der Waals surface area contributed by atoms with Gasteiger partial charge in [0.15, 0.2) is 0 Å². The van der Waals surface area contributed by atoms with E-state index in [2.05, 4.69) is 14.9 Å². The van der Waals surface area contributed by atoms with E-state index in [0.717, 1.165) is 28.1 Å². The number of H-pyrrole nitrogens is 1. The van der Waals surface area contributed by atoms with Gasteiger partial charge in [0.1, 0.15) is 0 Å². The van der Waals surface area contributed by atoms with Crippen molar-refractivity contribution in [3.05, 3.63) is 72.3 Å². The van der Waals surface area contributed by atoms with Crippen molar-refractivity contribution in [2.75, 3.05) is 7.11 Å². The number of nitrogens with one attached hydrogen (secondary N) is 1. The Labute approximate surface area is 134 Å². The van der Waals surface area contributed by atoms with Gasteiger partial charge in [0, 0.05) is 17.2 Å². The van der Waals surface area contributed by atoms with Crippen molar-refractivity contribution >= 4 is 12.0 Å². The van der Waals surface area contributed by atoms with Gasteiger partial charge in [0.05, 0.1) is 18.5 Å². The molecule has 4 heteroatoms. The second kappa shape index (κ2) is 6.75. The van der Waals surface area contributed by atoms with Gasteiger partial charge in [-0.15, -0.1) is 0 Å². The van der Waals surface area contributed by atoms with E-state index in [1.807, 2.05) is 60.7 Å². The monoisotopic (exact) mass is 304 g/mol. The Morgan fingerprint density at radius 1 is 1.09 bits per heavy atom. The third-order valence-electron chi connectivity index (χ3n) is 3.50. The van der Waals surface area contributed by atoms with Crippen LogP contribution in [0.25, 0.3) is 28.6 Å². The van der Waals surface area contributed by atoms with Gasteiger partial charge in [-0.05, 0) is 17.7 Å². The first-order valence-corrected chi connectivity index (χ1v) is 7.24. The highest BCUT2D eigenvalue weighted by Gasteiger charge is 2.08. The lowest BCUT2D eigenvalue weighted by Gasteiger charge is -2.02. The van der Waals surface area contributed by atoms with Crippen LogP contribution in [0.4, 0.5) is 0 Å². The van der Waals surface area contributed by atoms with Crippen LogP contribution < -0.4 is 0 Å². The van der Waals surface area contributed by atoms with Gasteiger partial charge in [-0.1, -0.05) is 54.6 Å². The summed E-state index contributed by atoms with van der Waals surface area (Å²) < 4.78 is 4.63. The summed E-state index contributed by atoms with van der Waals surface area (Å²) in [5, 5.41) is 7.44. The zero-order valence-electron chi connectivity index (χ0n) is 12.7. The molecule has 0 aliphatic carbocycles. The average Bonchev–Trinajstić information content (AvgIpc) is 3.10. The van der Waals surface area contributed by atoms with Gasteiger partial charge in [0.2, 0.25) is 0 Å². The van der Waals surface area contributed by atoms with Crippen LogP contribution in [-0.2, 0) is 9.53 Å². The molecule has 0 saturated heterocycles. The molecule has 4 nitrogen and oxygen atoms in total. The number of carbonyl (C=O) groups excluding carboxylic acids is 1. The highest BCUT2D eigenvalue weighted by atomic mass is 16.5. The van der Waals surface area contributed by atoms with Crippen LogP contribution in [0.5, 0.6) is 0 Å². The molecule has 0 aliphatic heterocycles. The molecule has 0 fully saturated rings. The molecule has 0 saturated carbocycles. The van der Waals surface area contributed by atoms with Crippen LogP contribution in [0.2, 0.25) is 0 Å². The Morgan fingerprint density at radius 3 is 2.61 bits per heavy atom. The van der Waals surface area contributed by atoms with E-state index in [1.165, 1.54) is 13.2 Å². The van der Waals surface area contributed by atoms with Gasteiger partial charge in [-0.3, -0.25) is 5.10 Å². The molecule has 1 N–H and O–H groups in total. The topological polar surface area (TPSA) is 55.0 Å². The first kappa shape index (κ1) is 14.8. The van der Waals surface area contributed by atoms with Gasteiger partial charge in [0.25, 0.3) is 0 Å². The summed E-state index contributed by atoms with van der Waals surface area (Å²) in [6, 6.07) is 19.8. The number of methoxy groups -OCH3 is 1. The van der Waals surface area contributed by atoms with Crippen LogP contribution >= 0.6 is 0 Å². The van der Waals surface area contributed by atoms with Crippen molar-refractivity contribution in [2.45, 2.75) is 0 Å². The first-order chi connectivity index (χ1) is 11.3. The molecule has 2 aromatic carbocycles. The number of ether oxygens (including phenoxy) is 1. The molecule has 0 spiro atoms. The molecule has 1 aromatic heterocycles. The van der Waals surface area contributed by atoms with Gasteiger partial charge < -0.3 is 4.74 Å². The number of aromatic nitrogens is 2. The normalized spacial score (nSPS) is 10.8. The summed E-state index contributed by atoms with van der Waals surface area (Å²) in [6.45, 7) is 0. The number of nitrogens with zero attached hydrogens (tertiary/aromatic N) is 1. The smallest absolute Gasteiger partial charge is 0.330 e. The number of hydrogen-bond acceptors (Lipinski definition) is 3. The van der Waals surface area contributed by atoms with Gasteiger partial charge in [-0.2, -0.15) is 5.10 Å². The molecule has 1 heterocycles. The lowest BCUT2D eigenvalue weighted by Crippen LogP contribution is -1.93. The average molecular weight is 304 g/mol. The minimum atomic E-state index is -0.380. The fourth-order valence-electron chi connectivity index (χ4n) is 2.33. The van der Waals surface area contributed by atoms with Crippen LogP contribution in [0, 0.1) is 0 Å². The largest absolute Gasteiger partial charge is 0.466 e. The molecule has 114 valence electrons. The second-order valence-corrected chi connectivity index (χ2v) is 4.98. The Morgan fingerprint density at radius 2 is 1.83 bits per heavy atom. The molecule has 0 bridgehead atoms. The summed E-state index contributed by atoms with van der Waals surface area (Å²) in [6.07, 6.45) is 3.15. The number of aromatic amines is 1. The van der Waals surface area contributed by atoms with Crippen molar-refractivity contribution in [1.82, 2.24) is 10.2 Å². The lowest BCUT2D eigenvalue weighted by molar-refractivity contribution is -0.134. The van der Waals surface area contributed by atoms with E-state index in [1.54, 1.807) is 6.08 Å². The molecular formula is C19H16N2O2. The Kier molecular flexibility index (Phi) is 4.34. The molecule has 0 aliphatic rings. The predicted molar refractivity (Wildman–Crippen MR) is 90.5 cm³/mol. The zero-order valence-corrected chi connectivity index (χ0v) is 12.7. The summed E-state index contributed by atoms with van der Waals surface area (Å²) in [7, 11) is 1.36. The fourth-order valence-corrected chi connectivity index (χ4v) is 2.33. The van der Waals surface area contributed by atoms with E-state index < -0.39 is 0 Å². The molecule has 3 rings (SSSR count). The molecular weight excluding hydrogens is 288 g/mol. The minimum Gasteiger partial charge on any atom is -0.466 e. The van der Waals surface area contributed by atoms with Crippen molar-refractivity contribution in [3.63, 3.8) is 0 Å². The predicted octanol–water partition coefficient (Wildman–Crippen LogP) is 3.93. The van der Waals surface area contributed by atoms with Crippen LogP contribution in [0.3, 0.4) is 0 Å². The number of hydrogen-bond donors (Lipinski definition) is 1. The van der Waals surface area contributed by atoms with E-state index in [4.69, 9.17) is 0 Å². The van der Waals surface area contributed by atoms with Crippen molar-refractivity contribution in [1.29, 1.82) is 0 Å². The van der Waals surface area contributed by atoms with Crippen molar-refractivity contribution < 1.29 is 9.53 Å². The third kappa shape index (κ3) is 3.37. The minimum absolute atomic E-state index is 0.380. The second-order valence-electron chi connectivity index (χ2n) is 4.98. The maximum atomic E-state index is 11.3.